The smallest absolute Gasteiger partial charge is 0.456 e. The molecule has 4 aromatic rings. The van der Waals surface area contributed by atoms with E-state index in [0.717, 1.165) is 38.5 Å². The van der Waals surface area contributed by atoms with Crippen molar-refractivity contribution in [2.24, 2.45) is 0 Å². The van der Waals surface area contributed by atoms with E-state index in [1.165, 1.54) is 5.56 Å². The average molecular weight is 412 g/mol. The first-order valence-electron chi connectivity index (χ1n) is 11.1. The molecule has 0 atom stereocenters. The summed E-state index contributed by atoms with van der Waals surface area (Å²) in [4.78, 5) is 0. The summed E-state index contributed by atoms with van der Waals surface area (Å²) in [6.45, 7) is 12.8. The van der Waals surface area contributed by atoms with E-state index in [4.69, 9.17) is 13.7 Å². The molecule has 5 rings (SSSR count). The maximum atomic E-state index is 6.52. The quantitative estimate of drug-likeness (QED) is 0.352. The molecule has 31 heavy (non-hydrogen) atoms. The Morgan fingerprint density at radius 2 is 1.48 bits per heavy atom. The van der Waals surface area contributed by atoms with Gasteiger partial charge in [0.1, 0.15) is 11.3 Å². The van der Waals surface area contributed by atoms with Crippen LogP contribution in [0.25, 0.3) is 33.1 Å². The van der Waals surface area contributed by atoms with Crippen molar-refractivity contribution in [1.82, 2.24) is 0 Å². The van der Waals surface area contributed by atoms with Gasteiger partial charge in [0.2, 0.25) is 0 Å². The Kier molecular flexibility index (Phi) is 4.58. The van der Waals surface area contributed by atoms with Crippen LogP contribution >= 0.6 is 0 Å². The van der Waals surface area contributed by atoms with Crippen molar-refractivity contribution >= 4 is 34.3 Å². The Morgan fingerprint density at radius 3 is 2.19 bits per heavy atom. The maximum Gasteiger partial charge on any atom is 0.499 e. The summed E-state index contributed by atoms with van der Waals surface area (Å²) < 4.78 is 19.4. The molecule has 1 saturated heterocycles. The van der Waals surface area contributed by atoms with E-state index in [-0.39, 0.29) is 0 Å². The Labute approximate surface area is 184 Å². The van der Waals surface area contributed by atoms with Crippen LogP contribution in [0.4, 0.5) is 0 Å². The van der Waals surface area contributed by atoms with Gasteiger partial charge in [-0.25, -0.2) is 0 Å². The largest absolute Gasteiger partial charge is 0.499 e. The lowest BCUT2D eigenvalue weighted by Gasteiger charge is -2.32. The molecule has 0 aliphatic carbocycles. The first-order chi connectivity index (χ1) is 14.7. The van der Waals surface area contributed by atoms with Crippen molar-refractivity contribution in [1.29, 1.82) is 0 Å². The summed E-state index contributed by atoms with van der Waals surface area (Å²) in [6.07, 6.45) is 0. The van der Waals surface area contributed by atoms with Gasteiger partial charge in [0.05, 0.1) is 11.2 Å². The fourth-order valence-electron chi connectivity index (χ4n) is 4.27. The third-order valence-corrected chi connectivity index (χ3v) is 6.89. The number of hydrogen-bond acceptors (Lipinski definition) is 3. The zero-order valence-electron chi connectivity index (χ0n) is 19.2. The lowest BCUT2D eigenvalue weighted by atomic mass is 9.75. The van der Waals surface area contributed by atoms with Gasteiger partial charge in [-0.1, -0.05) is 56.3 Å². The molecule has 0 spiro atoms. The first kappa shape index (κ1) is 20.4. The predicted molar refractivity (Wildman–Crippen MR) is 129 cm³/mol. The van der Waals surface area contributed by atoms with Gasteiger partial charge in [-0.05, 0) is 68.1 Å². The highest BCUT2D eigenvalue weighted by atomic mass is 16.7. The maximum absolute atomic E-state index is 6.52. The molecule has 2 heterocycles. The lowest BCUT2D eigenvalue weighted by Crippen LogP contribution is -2.41. The van der Waals surface area contributed by atoms with Crippen LogP contribution in [0.1, 0.15) is 53.0 Å². The molecule has 0 N–H and O–H groups in total. The number of benzene rings is 3. The van der Waals surface area contributed by atoms with Crippen LogP contribution in [0.5, 0.6) is 0 Å². The van der Waals surface area contributed by atoms with E-state index < -0.39 is 18.3 Å². The Morgan fingerprint density at radius 1 is 0.774 bits per heavy atom. The molecule has 0 bridgehead atoms. The molecular formula is C27H29BO3. The van der Waals surface area contributed by atoms with E-state index >= 15 is 0 Å². The van der Waals surface area contributed by atoms with Crippen LogP contribution in [0, 0.1) is 0 Å². The Balaban J connectivity index is 1.73. The summed E-state index contributed by atoms with van der Waals surface area (Å²) in [5, 5.41) is 3.32. The van der Waals surface area contributed by atoms with E-state index in [1.54, 1.807) is 0 Å². The van der Waals surface area contributed by atoms with Crippen LogP contribution in [-0.2, 0) is 9.31 Å². The minimum absolute atomic E-state index is 0.415. The lowest BCUT2D eigenvalue weighted by molar-refractivity contribution is 0.00578. The van der Waals surface area contributed by atoms with Crippen LogP contribution in [0.3, 0.4) is 0 Å². The van der Waals surface area contributed by atoms with Crippen LogP contribution in [0.2, 0.25) is 0 Å². The fraction of sp³-hybridized carbons (Fsp3) is 0.333. The second-order valence-electron chi connectivity index (χ2n) is 9.91. The predicted octanol–water partition coefficient (Wildman–Crippen LogP) is 6.68. The zero-order valence-corrected chi connectivity index (χ0v) is 19.2. The van der Waals surface area contributed by atoms with E-state index in [0.29, 0.717) is 5.92 Å². The molecule has 0 saturated carbocycles. The van der Waals surface area contributed by atoms with Gasteiger partial charge in [0.25, 0.3) is 0 Å². The van der Waals surface area contributed by atoms with Crippen molar-refractivity contribution in [2.75, 3.05) is 0 Å². The molecule has 3 aromatic carbocycles. The third kappa shape index (κ3) is 3.29. The van der Waals surface area contributed by atoms with Crippen molar-refractivity contribution in [3.05, 3.63) is 66.2 Å². The summed E-state index contributed by atoms with van der Waals surface area (Å²) in [5.41, 5.74) is 3.37. The van der Waals surface area contributed by atoms with Crippen molar-refractivity contribution in [3.63, 3.8) is 0 Å². The molecule has 1 aliphatic heterocycles. The Bertz CT molecular complexity index is 1270. The molecule has 3 nitrogen and oxygen atoms in total. The monoisotopic (exact) mass is 412 g/mol. The highest BCUT2D eigenvalue weighted by Gasteiger charge is 2.53. The minimum Gasteiger partial charge on any atom is -0.456 e. The second-order valence-corrected chi connectivity index (χ2v) is 9.91. The summed E-state index contributed by atoms with van der Waals surface area (Å²) >= 11 is 0. The van der Waals surface area contributed by atoms with Gasteiger partial charge < -0.3 is 13.7 Å². The van der Waals surface area contributed by atoms with Gasteiger partial charge in [-0.3, -0.25) is 0 Å². The number of hydrogen-bond donors (Lipinski definition) is 0. The number of furan rings is 1. The first-order valence-corrected chi connectivity index (χ1v) is 11.1. The molecule has 0 radical (unpaired) electrons. The average Bonchev–Trinajstić information content (AvgIpc) is 3.23. The summed E-state index contributed by atoms with van der Waals surface area (Å²) in [6, 6.07) is 21.3. The fourth-order valence-corrected chi connectivity index (χ4v) is 4.27. The Hall–Kier alpha value is -2.56. The second kappa shape index (κ2) is 6.98. The van der Waals surface area contributed by atoms with Crippen molar-refractivity contribution in [3.8, 4) is 11.3 Å². The standard InChI is InChI=1S/C27H29BO3/c1-17(2)18-11-9-12-20(14-18)23-16-21-15-19-10-7-8-13-22(19)24(25(21)29-23)28-30-26(3,4)27(5,6)31-28/h7-17H,1-6H3. The molecule has 0 amide bonds. The minimum atomic E-state index is -0.486. The number of rotatable bonds is 3. The van der Waals surface area contributed by atoms with Gasteiger partial charge in [-0.15, -0.1) is 0 Å². The van der Waals surface area contributed by atoms with Crippen LogP contribution in [0.15, 0.2) is 65.1 Å². The van der Waals surface area contributed by atoms with Gasteiger partial charge in [-0.2, -0.15) is 0 Å². The van der Waals surface area contributed by atoms with E-state index in [2.05, 4.69) is 102 Å². The summed E-state index contributed by atoms with van der Waals surface area (Å²) in [7, 11) is -0.486. The normalized spacial score (nSPS) is 17.8. The third-order valence-electron chi connectivity index (χ3n) is 6.89. The zero-order chi connectivity index (χ0) is 22.0. The van der Waals surface area contributed by atoms with Crippen molar-refractivity contribution in [2.45, 2.75) is 58.7 Å². The van der Waals surface area contributed by atoms with E-state index in [9.17, 15) is 0 Å². The van der Waals surface area contributed by atoms with Gasteiger partial charge >= 0.3 is 7.12 Å². The van der Waals surface area contributed by atoms with Gasteiger partial charge in [0, 0.05) is 16.4 Å². The topological polar surface area (TPSA) is 31.6 Å². The van der Waals surface area contributed by atoms with Crippen LogP contribution in [-0.4, -0.2) is 18.3 Å². The molecule has 0 unspecified atom stereocenters. The van der Waals surface area contributed by atoms with Crippen molar-refractivity contribution < 1.29 is 13.7 Å². The highest BCUT2D eigenvalue weighted by molar-refractivity contribution is 6.68. The SMILES string of the molecule is CC(C)c1cccc(-c2cc3cc4ccccc4c(B4OC(C)(C)C(C)(C)O4)c3o2)c1. The molecule has 4 heteroatoms. The number of fused-ring (bicyclic) bond motifs is 2. The van der Waals surface area contributed by atoms with Crippen LogP contribution < -0.4 is 5.46 Å². The van der Waals surface area contributed by atoms with E-state index in [1.807, 2.05) is 0 Å². The molecule has 1 aliphatic rings. The molecule has 1 aromatic heterocycles. The molecule has 1 fully saturated rings. The molecular weight excluding hydrogens is 383 g/mol. The highest BCUT2D eigenvalue weighted by Crippen LogP contribution is 2.39. The summed E-state index contributed by atoms with van der Waals surface area (Å²) in [5.74, 6) is 1.33. The van der Waals surface area contributed by atoms with Gasteiger partial charge in [0.15, 0.2) is 0 Å². The molecule has 158 valence electrons.